The van der Waals surface area contributed by atoms with E-state index in [1.807, 2.05) is 13.0 Å². The van der Waals surface area contributed by atoms with E-state index in [4.69, 9.17) is 15.7 Å². The number of nitrogens with one attached hydrogen (secondary N) is 1. The molecule has 1 amide bonds. The molecule has 0 aliphatic rings. The summed E-state index contributed by atoms with van der Waals surface area (Å²) in [6.07, 6.45) is 0.319. The van der Waals surface area contributed by atoms with Gasteiger partial charge in [-0.05, 0) is 24.6 Å². The third-order valence-electron chi connectivity index (χ3n) is 2.57. The third kappa shape index (κ3) is 3.47. The zero-order chi connectivity index (χ0) is 13.5. The quantitative estimate of drug-likeness (QED) is 0.825. The fraction of sp³-hybridized carbons (Fsp3) is 0.385. The molecule has 18 heavy (non-hydrogen) atoms. The van der Waals surface area contributed by atoms with Crippen molar-refractivity contribution >= 4 is 11.6 Å². The molecule has 0 aliphatic heterocycles. The number of hydrogen-bond acceptors (Lipinski definition) is 4. The SMILES string of the molecule is COc1cccc(C#N)c1NC(=O)CC(C)CN. The highest BCUT2D eigenvalue weighted by molar-refractivity contribution is 5.94. The van der Waals surface area contributed by atoms with Gasteiger partial charge in [-0.3, -0.25) is 4.79 Å². The number of amides is 1. The molecule has 0 heterocycles. The number of nitrogens with two attached hydrogens (primary N) is 1. The summed E-state index contributed by atoms with van der Waals surface area (Å²) in [5.74, 6) is 0.405. The smallest absolute Gasteiger partial charge is 0.224 e. The molecule has 0 aromatic heterocycles. The maximum atomic E-state index is 11.8. The number of para-hydroxylation sites is 1. The highest BCUT2D eigenvalue weighted by Gasteiger charge is 2.13. The Morgan fingerprint density at radius 2 is 2.33 bits per heavy atom. The van der Waals surface area contributed by atoms with Crippen molar-refractivity contribution in [1.82, 2.24) is 0 Å². The van der Waals surface area contributed by atoms with E-state index in [0.29, 0.717) is 30.0 Å². The van der Waals surface area contributed by atoms with Crippen LogP contribution >= 0.6 is 0 Å². The van der Waals surface area contributed by atoms with Gasteiger partial charge in [0, 0.05) is 6.42 Å². The van der Waals surface area contributed by atoms with Gasteiger partial charge < -0.3 is 15.8 Å². The van der Waals surface area contributed by atoms with Crippen LogP contribution < -0.4 is 15.8 Å². The first kappa shape index (κ1) is 14.0. The summed E-state index contributed by atoms with van der Waals surface area (Å²) in [6, 6.07) is 7.05. The van der Waals surface area contributed by atoms with Gasteiger partial charge >= 0.3 is 0 Å². The lowest BCUT2D eigenvalue weighted by Crippen LogP contribution is -2.20. The molecule has 1 aromatic carbocycles. The summed E-state index contributed by atoms with van der Waals surface area (Å²) in [6.45, 7) is 2.34. The molecule has 96 valence electrons. The zero-order valence-corrected chi connectivity index (χ0v) is 10.6. The van der Waals surface area contributed by atoms with Crippen molar-refractivity contribution in [3.05, 3.63) is 23.8 Å². The minimum absolute atomic E-state index is 0.102. The molecule has 1 unspecified atom stereocenters. The van der Waals surface area contributed by atoms with Crippen LogP contribution in [0, 0.1) is 17.2 Å². The molecule has 3 N–H and O–H groups in total. The molecule has 1 aromatic rings. The van der Waals surface area contributed by atoms with E-state index in [1.165, 1.54) is 7.11 Å². The lowest BCUT2D eigenvalue weighted by atomic mass is 10.1. The number of methoxy groups -OCH3 is 1. The highest BCUT2D eigenvalue weighted by Crippen LogP contribution is 2.28. The van der Waals surface area contributed by atoms with Crippen molar-refractivity contribution < 1.29 is 9.53 Å². The molecule has 0 radical (unpaired) electrons. The van der Waals surface area contributed by atoms with Gasteiger partial charge in [-0.15, -0.1) is 0 Å². The van der Waals surface area contributed by atoms with Crippen LogP contribution in [0.1, 0.15) is 18.9 Å². The molecule has 1 rings (SSSR count). The van der Waals surface area contributed by atoms with Gasteiger partial charge in [-0.1, -0.05) is 13.0 Å². The number of nitrogens with zero attached hydrogens (tertiary/aromatic N) is 1. The average molecular weight is 247 g/mol. The minimum atomic E-state index is -0.172. The van der Waals surface area contributed by atoms with E-state index in [-0.39, 0.29) is 11.8 Å². The standard InChI is InChI=1S/C13H17N3O2/c1-9(7-14)6-12(17)16-13-10(8-15)4-3-5-11(13)18-2/h3-5,9H,6-7,14H2,1-2H3,(H,16,17). The Morgan fingerprint density at radius 1 is 1.61 bits per heavy atom. The van der Waals surface area contributed by atoms with Crippen LogP contribution in [0.3, 0.4) is 0 Å². The second-order valence-electron chi connectivity index (χ2n) is 4.09. The number of anilines is 1. The predicted octanol–water partition coefficient (Wildman–Crippen LogP) is 1.49. The van der Waals surface area contributed by atoms with Gasteiger partial charge in [0.2, 0.25) is 5.91 Å². The number of ether oxygens (including phenoxy) is 1. The fourth-order valence-electron chi connectivity index (χ4n) is 1.51. The van der Waals surface area contributed by atoms with E-state index < -0.39 is 0 Å². The van der Waals surface area contributed by atoms with Crippen LogP contribution in [0.25, 0.3) is 0 Å². The maximum absolute atomic E-state index is 11.8. The normalized spacial score (nSPS) is 11.4. The second kappa shape index (κ2) is 6.62. The monoisotopic (exact) mass is 247 g/mol. The number of hydrogen-bond donors (Lipinski definition) is 2. The first-order valence-electron chi connectivity index (χ1n) is 5.69. The zero-order valence-electron chi connectivity index (χ0n) is 10.6. The van der Waals surface area contributed by atoms with Gasteiger partial charge in [0.1, 0.15) is 17.5 Å². The summed E-state index contributed by atoms with van der Waals surface area (Å²) in [4.78, 5) is 11.8. The number of carbonyl (C=O) groups excluding carboxylic acids is 1. The van der Waals surface area contributed by atoms with Crippen molar-refractivity contribution in [1.29, 1.82) is 5.26 Å². The predicted molar refractivity (Wildman–Crippen MR) is 69.2 cm³/mol. The number of benzene rings is 1. The molecule has 0 aliphatic carbocycles. The van der Waals surface area contributed by atoms with Crippen molar-refractivity contribution in [2.24, 2.45) is 11.7 Å². The van der Waals surface area contributed by atoms with Crippen LogP contribution in [0.5, 0.6) is 5.75 Å². The molecular weight excluding hydrogens is 230 g/mol. The van der Waals surface area contributed by atoms with Gasteiger partial charge in [0.15, 0.2) is 0 Å². The minimum Gasteiger partial charge on any atom is -0.495 e. The molecular formula is C13H17N3O2. The Bertz CT molecular complexity index is 466. The third-order valence-corrected chi connectivity index (χ3v) is 2.57. The Balaban J connectivity index is 2.89. The van der Waals surface area contributed by atoms with Crippen molar-refractivity contribution in [2.45, 2.75) is 13.3 Å². The molecule has 5 nitrogen and oxygen atoms in total. The summed E-state index contributed by atoms with van der Waals surface area (Å²) >= 11 is 0. The topological polar surface area (TPSA) is 88.1 Å². The molecule has 1 atom stereocenters. The van der Waals surface area contributed by atoms with Crippen LogP contribution in [0.4, 0.5) is 5.69 Å². The average Bonchev–Trinajstić information content (AvgIpc) is 2.38. The molecule has 0 saturated heterocycles. The van der Waals surface area contributed by atoms with E-state index in [2.05, 4.69) is 5.32 Å². The molecule has 0 saturated carbocycles. The first-order valence-corrected chi connectivity index (χ1v) is 5.69. The fourth-order valence-corrected chi connectivity index (χ4v) is 1.51. The summed E-state index contributed by atoms with van der Waals surface area (Å²) < 4.78 is 5.13. The summed E-state index contributed by atoms with van der Waals surface area (Å²) in [5.41, 5.74) is 6.26. The van der Waals surface area contributed by atoms with Gasteiger partial charge in [0.25, 0.3) is 0 Å². The van der Waals surface area contributed by atoms with E-state index in [0.717, 1.165) is 0 Å². The Kier molecular flexibility index (Phi) is 5.15. The summed E-state index contributed by atoms with van der Waals surface area (Å²) in [7, 11) is 1.49. The van der Waals surface area contributed by atoms with E-state index >= 15 is 0 Å². The van der Waals surface area contributed by atoms with Crippen molar-refractivity contribution in [3.63, 3.8) is 0 Å². The Labute approximate surface area is 107 Å². The van der Waals surface area contributed by atoms with Crippen molar-refractivity contribution in [3.8, 4) is 11.8 Å². The molecule has 5 heteroatoms. The van der Waals surface area contributed by atoms with Gasteiger partial charge in [0.05, 0.1) is 12.7 Å². The van der Waals surface area contributed by atoms with Crippen LogP contribution in [-0.2, 0) is 4.79 Å². The lowest BCUT2D eigenvalue weighted by molar-refractivity contribution is -0.116. The van der Waals surface area contributed by atoms with E-state index in [1.54, 1.807) is 18.2 Å². The summed E-state index contributed by atoms with van der Waals surface area (Å²) in [5, 5.41) is 11.7. The number of carbonyl (C=O) groups is 1. The van der Waals surface area contributed by atoms with E-state index in [9.17, 15) is 4.79 Å². The van der Waals surface area contributed by atoms with Crippen molar-refractivity contribution in [2.75, 3.05) is 19.0 Å². The number of rotatable bonds is 5. The van der Waals surface area contributed by atoms with Gasteiger partial charge in [-0.2, -0.15) is 5.26 Å². The van der Waals surface area contributed by atoms with Gasteiger partial charge in [-0.25, -0.2) is 0 Å². The highest BCUT2D eigenvalue weighted by atomic mass is 16.5. The van der Waals surface area contributed by atoms with Crippen LogP contribution in [0.2, 0.25) is 0 Å². The maximum Gasteiger partial charge on any atom is 0.224 e. The molecule has 0 fully saturated rings. The lowest BCUT2D eigenvalue weighted by Gasteiger charge is -2.13. The van der Waals surface area contributed by atoms with Crippen LogP contribution in [-0.4, -0.2) is 19.6 Å². The van der Waals surface area contributed by atoms with Crippen LogP contribution in [0.15, 0.2) is 18.2 Å². The largest absolute Gasteiger partial charge is 0.495 e. The number of nitriles is 1. The molecule has 0 bridgehead atoms. The first-order chi connectivity index (χ1) is 8.62. The Hall–Kier alpha value is -2.06. The Morgan fingerprint density at radius 3 is 2.89 bits per heavy atom. The second-order valence-corrected chi connectivity index (χ2v) is 4.09. The molecule has 0 spiro atoms.